The summed E-state index contributed by atoms with van der Waals surface area (Å²) in [6.45, 7) is 7.65. The molecule has 7 nitrogen and oxygen atoms in total. The predicted octanol–water partition coefficient (Wildman–Crippen LogP) is 5.09. The van der Waals surface area contributed by atoms with Gasteiger partial charge in [-0.25, -0.2) is 9.79 Å². The van der Waals surface area contributed by atoms with Crippen LogP contribution in [-0.4, -0.2) is 35.2 Å². The van der Waals surface area contributed by atoms with Gasteiger partial charge in [0.2, 0.25) is 0 Å². The zero-order valence-electron chi connectivity index (χ0n) is 19.6. The third-order valence-corrected chi connectivity index (χ3v) is 6.16. The maximum Gasteiger partial charge on any atom is 0.338 e. The van der Waals surface area contributed by atoms with Gasteiger partial charge in [0.05, 0.1) is 23.9 Å². The lowest BCUT2D eigenvalue weighted by molar-refractivity contribution is -0.139. The normalized spacial score (nSPS) is 16.8. The largest absolute Gasteiger partial charge is 0.483 e. The number of ether oxygens (including phenoxy) is 2. The molecule has 0 fully saturated rings. The average molecular weight is 478 g/mol. The van der Waals surface area contributed by atoms with Crippen molar-refractivity contribution in [2.24, 2.45) is 4.99 Å². The van der Waals surface area contributed by atoms with Crippen LogP contribution in [0.4, 0.5) is 5.69 Å². The number of benzene rings is 2. The van der Waals surface area contributed by atoms with Gasteiger partial charge in [0.1, 0.15) is 5.75 Å². The van der Waals surface area contributed by atoms with Gasteiger partial charge in [-0.2, -0.15) is 0 Å². The van der Waals surface area contributed by atoms with E-state index in [1.54, 1.807) is 13.0 Å². The molecule has 1 N–H and O–H groups in total. The van der Waals surface area contributed by atoms with Gasteiger partial charge >= 0.3 is 5.97 Å². The molecule has 1 atom stereocenters. The molecule has 0 aliphatic carbocycles. The molecule has 34 heavy (non-hydrogen) atoms. The number of carbonyl (C=O) groups excluding carboxylic acids is 2. The van der Waals surface area contributed by atoms with E-state index in [2.05, 4.69) is 10.3 Å². The number of carbonyl (C=O) groups is 2. The van der Waals surface area contributed by atoms with Crippen molar-refractivity contribution in [1.29, 1.82) is 0 Å². The molecule has 0 saturated carbocycles. The summed E-state index contributed by atoms with van der Waals surface area (Å²) in [5.41, 5.74) is 4.68. The number of fused-ring (bicyclic) bond motifs is 1. The number of nitrogens with zero attached hydrogens (tertiary/aromatic N) is 2. The van der Waals surface area contributed by atoms with Crippen molar-refractivity contribution in [3.63, 3.8) is 0 Å². The van der Waals surface area contributed by atoms with Crippen molar-refractivity contribution in [3.05, 3.63) is 82.0 Å². The fourth-order valence-corrected chi connectivity index (χ4v) is 4.89. The summed E-state index contributed by atoms with van der Waals surface area (Å²) in [4.78, 5) is 32.0. The Bertz CT molecular complexity index is 1200. The lowest BCUT2D eigenvalue weighted by atomic mass is 9.94. The fourth-order valence-electron chi connectivity index (χ4n) is 4.10. The van der Waals surface area contributed by atoms with Crippen LogP contribution in [0.15, 0.2) is 70.3 Å². The molecule has 4 rings (SSSR count). The van der Waals surface area contributed by atoms with Gasteiger partial charge in [-0.05, 0) is 62.4 Å². The number of aliphatic imine (C=N–C) groups is 1. The van der Waals surface area contributed by atoms with Gasteiger partial charge in [0.25, 0.3) is 5.91 Å². The number of para-hydroxylation sites is 1. The van der Waals surface area contributed by atoms with Gasteiger partial charge in [-0.1, -0.05) is 36.0 Å². The van der Waals surface area contributed by atoms with Gasteiger partial charge in [-0.3, -0.25) is 4.79 Å². The molecule has 0 spiro atoms. The van der Waals surface area contributed by atoms with E-state index >= 15 is 0 Å². The smallest absolute Gasteiger partial charge is 0.338 e. The first-order valence-electron chi connectivity index (χ1n) is 11.1. The number of amidine groups is 1. The Morgan fingerprint density at radius 2 is 1.85 bits per heavy atom. The minimum absolute atomic E-state index is 0.167. The van der Waals surface area contributed by atoms with E-state index in [4.69, 9.17) is 9.47 Å². The molecule has 1 amide bonds. The van der Waals surface area contributed by atoms with Crippen LogP contribution in [0.2, 0.25) is 0 Å². The van der Waals surface area contributed by atoms with Gasteiger partial charge in [0.15, 0.2) is 11.8 Å². The van der Waals surface area contributed by atoms with Gasteiger partial charge in [-0.15, -0.1) is 0 Å². The second-order valence-corrected chi connectivity index (χ2v) is 8.95. The molecule has 2 heterocycles. The van der Waals surface area contributed by atoms with Crippen LogP contribution < -0.4 is 10.1 Å². The number of amides is 1. The number of hydrogen-bond acceptors (Lipinski definition) is 7. The summed E-state index contributed by atoms with van der Waals surface area (Å²) < 4.78 is 11.3. The van der Waals surface area contributed by atoms with E-state index < -0.39 is 12.0 Å². The molecule has 0 aromatic heterocycles. The van der Waals surface area contributed by atoms with E-state index in [0.717, 1.165) is 27.5 Å². The molecule has 2 aliphatic rings. The monoisotopic (exact) mass is 477 g/mol. The van der Waals surface area contributed by atoms with E-state index in [-0.39, 0.29) is 19.1 Å². The molecule has 0 unspecified atom stereocenters. The maximum absolute atomic E-state index is 12.9. The van der Waals surface area contributed by atoms with E-state index in [9.17, 15) is 9.59 Å². The highest BCUT2D eigenvalue weighted by molar-refractivity contribution is 8.16. The topological polar surface area (TPSA) is 80.2 Å². The van der Waals surface area contributed by atoms with Crippen LogP contribution in [0, 0.1) is 13.8 Å². The SMILES string of the molecule is CCOC(=O)C1=C(C)N=C2SC=CN2[C@@H]1c1ccccc1OCC(=O)Nc1cc(C)cc(C)c1. The Kier molecular flexibility index (Phi) is 7.07. The van der Waals surface area contributed by atoms with E-state index in [1.807, 2.05) is 73.7 Å². The van der Waals surface area contributed by atoms with Crippen molar-refractivity contribution in [1.82, 2.24) is 4.90 Å². The third-order valence-electron chi connectivity index (χ3n) is 5.39. The Morgan fingerprint density at radius 3 is 2.59 bits per heavy atom. The second-order valence-electron chi connectivity index (χ2n) is 8.08. The molecule has 2 aromatic rings. The Balaban J connectivity index is 1.59. The van der Waals surface area contributed by atoms with Crippen LogP contribution in [0.5, 0.6) is 5.75 Å². The first-order chi connectivity index (χ1) is 16.4. The first kappa shape index (κ1) is 23.6. The second kappa shape index (κ2) is 10.2. The molecule has 8 heteroatoms. The Hall–Kier alpha value is -3.52. The minimum Gasteiger partial charge on any atom is -0.483 e. The van der Waals surface area contributed by atoms with Crippen LogP contribution in [0.1, 0.15) is 36.6 Å². The highest BCUT2D eigenvalue weighted by atomic mass is 32.2. The number of rotatable bonds is 7. The average Bonchev–Trinajstić information content (AvgIpc) is 3.24. The maximum atomic E-state index is 12.9. The van der Waals surface area contributed by atoms with E-state index in [1.165, 1.54) is 11.8 Å². The standard InChI is InChI=1S/C26H27N3O4S/c1-5-32-25(31)23-18(4)27-26-29(10-11-34-26)24(23)20-8-6-7-9-21(20)33-15-22(30)28-19-13-16(2)12-17(3)14-19/h6-14,24H,5,15H2,1-4H3,(H,28,30)/t24-/m1/s1. The van der Waals surface area contributed by atoms with Gasteiger partial charge in [0, 0.05) is 17.5 Å². The molecule has 0 saturated heterocycles. The van der Waals surface area contributed by atoms with Crippen LogP contribution >= 0.6 is 11.8 Å². The van der Waals surface area contributed by atoms with E-state index in [0.29, 0.717) is 17.0 Å². The highest BCUT2D eigenvalue weighted by Crippen LogP contribution is 2.43. The van der Waals surface area contributed by atoms with Crippen LogP contribution in [-0.2, 0) is 14.3 Å². The lowest BCUT2D eigenvalue weighted by Crippen LogP contribution is -2.34. The third kappa shape index (κ3) is 5.02. The zero-order chi connectivity index (χ0) is 24.2. The summed E-state index contributed by atoms with van der Waals surface area (Å²) in [6.07, 6.45) is 1.89. The molecular formula is C26H27N3O4S. The van der Waals surface area contributed by atoms with Crippen molar-refractivity contribution >= 4 is 34.5 Å². The first-order valence-corrected chi connectivity index (χ1v) is 11.9. The Labute approximate surface area is 203 Å². The number of allylic oxidation sites excluding steroid dienone is 1. The summed E-state index contributed by atoms with van der Waals surface area (Å²) in [6, 6.07) is 12.8. The lowest BCUT2D eigenvalue weighted by Gasteiger charge is -2.34. The number of esters is 1. The molecule has 2 aliphatic heterocycles. The van der Waals surface area contributed by atoms with Crippen LogP contribution in [0.3, 0.4) is 0 Å². The summed E-state index contributed by atoms with van der Waals surface area (Å²) in [7, 11) is 0. The number of hydrogen-bond donors (Lipinski definition) is 1. The van der Waals surface area contributed by atoms with Crippen molar-refractivity contribution in [2.45, 2.75) is 33.7 Å². The minimum atomic E-state index is -0.475. The fraction of sp³-hybridized carbons (Fsp3) is 0.269. The quantitative estimate of drug-likeness (QED) is 0.560. The predicted molar refractivity (Wildman–Crippen MR) is 135 cm³/mol. The molecular weight excluding hydrogens is 450 g/mol. The van der Waals surface area contributed by atoms with Gasteiger partial charge < -0.3 is 19.7 Å². The zero-order valence-corrected chi connectivity index (χ0v) is 20.4. The summed E-state index contributed by atoms with van der Waals surface area (Å²) in [5, 5.41) is 5.59. The molecule has 176 valence electrons. The highest BCUT2D eigenvalue weighted by Gasteiger charge is 2.38. The number of anilines is 1. The van der Waals surface area contributed by atoms with Crippen molar-refractivity contribution < 1.29 is 19.1 Å². The number of nitrogens with one attached hydrogen (secondary N) is 1. The number of thioether (sulfide) groups is 1. The van der Waals surface area contributed by atoms with Crippen LogP contribution in [0.25, 0.3) is 0 Å². The van der Waals surface area contributed by atoms with Crippen molar-refractivity contribution in [2.75, 3.05) is 18.5 Å². The number of aryl methyl sites for hydroxylation is 2. The molecule has 0 radical (unpaired) electrons. The summed E-state index contributed by atoms with van der Waals surface area (Å²) in [5.74, 6) is -0.163. The molecule has 0 bridgehead atoms. The molecule has 2 aromatic carbocycles. The summed E-state index contributed by atoms with van der Waals surface area (Å²) >= 11 is 1.49. The Morgan fingerprint density at radius 1 is 1.12 bits per heavy atom. The van der Waals surface area contributed by atoms with Crippen molar-refractivity contribution in [3.8, 4) is 5.75 Å².